The number of rotatable bonds is 14. The Morgan fingerprint density at radius 1 is 1.36 bits per heavy atom. The summed E-state index contributed by atoms with van der Waals surface area (Å²) in [4.78, 5) is 19.5. The molecule has 3 atom stereocenters. The van der Waals surface area contributed by atoms with Crippen LogP contribution >= 0.6 is 11.3 Å². The monoisotopic (exact) mass is 410 g/mol. The largest absolute Gasteiger partial charge is 0.390 e. The van der Waals surface area contributed by atoms with Gasteiger partial charge in [0.25, 0.3) is 0 Å². The summed E-state index contributed by atoms with van der Waals surface area (Å²) < 4.78 is 6.11. The number of carbonyl (C=O) groups excluding carboxylic acids is 1. The first-order valence-corrected chi connectivity index (χ1v) is 11.4. The van der Waals surface area contributed by atoms with Gasteiger partial charge in [0, 0.05) is 31.4 Å². The van der Waals surface area contributed by atoms with E-state index in [4.69, 9.17) is 4.74 Å². The van der Waals surface area contributed by atoms with E-state index in [0.29, 0.717) is 37.6 Å². The Morgan fingerprint density at radius 3 is 2.57 bits per heavy atom. The van der Waals surface area contributed by atoms with E-state index in [1.54, 1.807) is 0 Å². The third-order valence-corrected chi connectivity index (χ3v) is 5.90. The highest BCUT2D eigenvalue weighted by atomic mass is 32.1. The van der Waals surface area contributed by atoms with Crippen LogP contribution in [0.25, 0.3) is 0 Å². The molecule has 0 fully saturated rings. The summed E-state index contributed by atoms with van der Waals surface area (Å²) in [5.74, 6) is 0.560. The molecule has 0 aliphatic heterocycles. The maximum absolute atomic E-state index is 13.0. The summed E-state index contributed by atoms with van der Waals surface area (Å²) in [6.45, 7) is 15.9. The molecule has 1 aromatic heterocycles. The molecule has 1 rings (SSSR count). The number of aliphatic hydroxyl groups excluding tert-OH is 1. The van der Waals surface area contributed by atoms with Crippen LogP contribution in [0.5, 0.6) is 0 Å². The molecule has 0 bridgehead atoms. The lowest BCUT2D eigenvalue weighted by atomic mass is 9.98. The first-order chi connectivity index (χ1) is 13.4. The molecule has 28 heavy (non-hydrogen) atoms. The SMILES string of the molecule is C=C(C)[C@@H](C[C@@H](OCCC)c1nc(CO)cs1)N(CCC)C(=O)C[C@@H](C)CC. The Morgan fingerprint density at radius 2 is 2.07 bits per heavy atom. The number of amides is 1. The lowest BCUT2D eigenvalue weighted by Crippen LogP contribution is -2.43. The van der Waals surface area contributed by atoms with Crippen molar-refractivity contribution in [1.29, 1.82) is 0 Å². The van der Waals surface area contributed by atoms with Crippen LogP contribution in [0.15, 0.2) is 17.5 Å². The van der Waals surface area contributed by atoms with Gasteiger partial charge in [-0.3, -0.25) is 4.79 Å². The second kappa shape index (κ2) is 13.1. The molecule has 0 aliphatic carbocycles. The summed E-state index contributed by atoms with van der Waals surface area (Å²) in [6, 6.07) is -0.0835. The van der Waals surface area contributed by atoms with Gasteiger partial charge in [0.05, 0.1) is 18.3 Å². The van der Waals surface area contributed by atoms with Crippen molar-refractivity contribution in [3.63, 3.8) is 0 Å². The number of thiazole rings is 1. The van der Waals surface area contributed by atoms with Gasteiger partial charge >= 0.3 is 0 Å². The van der Waals surface area contributed by atoms with Crippen molar-refractivity contribution < 1.29 is 14.6 Å². The van der Waals surface area contributed by atoms with Crippen molar-refractivity contribution in [3.05, 3.63) is 28.2 Å². The normalized spacial score (nSPS) is 14.5. The molecule has 0 saturated carbocycles. The van der Waals surface area contributed by atoms with E-state index in [1.165, 1.54) is 11.3 Å². The van der Waals surface area contributed by atoms with Gasteiger partial charge in [0.1, 0.15) is 11.1 Å². The third kappa shape index (κ3) is 7.64. The number of aliphatic hydroxyl groups is 1. The Balaban J connectivity index is 3.08. The van der Waals surface area contributed by atoms with Gasteiger partial charge in [-0.05, 0) is 25.7 Å². The minimum absolute atomic E-state index is 0.0732. The molecule has 0 radical (unpaired) electrons. The fourth-order valence-corrected chi connectivity index (χ4v) is 3.97. The number of ether oxygens (including phenoxy) is 1. The molecule has 0 spiro atoms. The zero-order chi connectivity index (χ0) is 21.1. The second-order valence-corrected chi connectivity index (χ2v) is 8.49. The van der Waals surface area contributed by atoms with Gasteiger partial charge in [-0.15, -0.1) is 11.3 Å². The molecule has 1 N–H and O–H groups in total. The van der Waals surface area contributed by atoms with Crippen LogP contribution in [-0.4, -0.2) is 40.1 Å². The Hall–Kier alpha value is -1.24. The maximum atomic E-state index is 13.0. The highest BCUT2D eigenvalue weighted by Gasteiger charge is 2.29. The first-order valence-electron chi connectivity index (χ1n) is 10.5. The molecule has 0 aromatic carbocycles. The van der Waals surface area contributed by atoms with Crippen LogP contribution in [0.4, 0.5) is 0 Å². The average molecular weight is 411 g/mol. The molecular weight excluding hydrogens is 372 g/mol. The minimum atomic E-state index is -0.206. The van der Waals surface area contributed by atoms with Gasteiger partial charge in [-0.25, -0.2) is 4.98 Å². The Labute approximate surface area is 174 Å². The van der Waals surface area contributed by atoms with Crippen LogP contribution in [0.2, 0.25) is 0 Å². The summed E-state index contributed by atoms with van der Waals surface area (Å²) in [5.41, 5.74) is 1.63. The zero-order valence-electron chi connectivity index (χ0n) is 18.2. The quantitative estimate of drug-likeness (QED) is 0.433. The summed E-state index contributed by atoms with van der Waals surface area (Å²) in [5, 5.41) is 12.1. The molecule has 1 heterocycles. The Kier molecular flexibility index (Phi) is 11.6. The molecule has 0 aliphatic rings. The van der Waals surface area contributed by atoms with Gasteiger partial charge in [0.15, 0.2) is 0 Å². The predicted molar refractivity (Wildman–Crippen MR) is 116 cm³/mol. The summed E-state index contributed by atoms with van der Waals surface area (Å²) >= 11 is 1.50. The Bertz CT molecular complexity index is 602. The van der Waals surface area contributed by atoms with E-state index in [2.05, 4.69) is 39.3 Å². The standard InChI is InChI=1S/C22H38N2O3S/c1-7-10-24(21(26)12-17(6)9-3)19(16(4)5)13-20(27-11-8-2)22-23-18(14-25)15-28-22/h15,17,19-20,25H,4,7-14H2,1-3,5-6H3/t17-,19+,20+/m0/s1. The smallest absolute Gasteiger partial charge is 0.223 e. The molecule has 1 amide bonds. The lowest BCUT2D eigenvalue weighted by Gasteiger charge is -2.35. The molecule has 5 nitrogen and oxygen atoms in total. The highest BCUT2D eigenvalue weighted by Crippen LogP contribution is 2.31. The molecule has 6 heteroatoms. The second-order valence-electron chi connectivity index (χ2n) is 7.60. The van der Waals surface area contributed by atoms with Crippen LogP contribution in [-0.2, 0) is 16.1 Å². The van der Waals surface area contributed by atoms with E-state index >= 15 is 0 Å². The van der Waals surface area contributed by atoms with Gasteiger partial charge in [0.2, 0.25) is 5.91 Å². The third-order valence-electron chi connectivity index (χ3n) is 4.92. The number of hydrogen-bond donors (Lipinski definition) is 1. The fourth-order valence-electron chi connectivity index (χ4n) is 3.10. The van der Waals surface area contributed by atoms with Crippen molar-refractivity contribution in [2.45, 2.75) is 85.5 Å². The molecule has 1 aromatic rings. The topological polar surface area (TPSA) is 62.7 Å². The van der Waals surface area contributed by atoms with Crippen molar-refractivity contribution in [2.24, 2.45) is 5.92 Å². The minimum Gasteiger partial charge on any atom is -0.390 e. The average Bonchev–Trinajstić information content (AvgIpc) is 3.15. The van der Waals surface area contributed by atoms with Crippen molar-refractivity contribution in [2.75, 3.05) is 13.2 Å². The maximum Gasteiger partial charge on any atom is 0.223 e. The van der Waals surface area contributed by atoms with E-state index in [9.17, 15) is 9.90 Å². The summed E-state index contributed by atoms with van der Waals surface area (Å²) in [6.07, 6.45) is 3.81. The van der Waals surface area contributed by atoms with E-state index in [1.807, 2.05) is 17.2 Å². The van der Waals surface area contributed by atoms with E-state index in [-0.39, 0.29) is 24.7 Å². The molecular formula is C22H38N2O3S. The van der Waals surface area contributed by atoms with Gasteiger partial charge < -0.3 is 14.7 Å². The van der Waals surface area contributed by atoms with Crippen molar-refractivity contribution >= 4 is 17.2 Å². The number of hydrogen-bond acceptors (Lipinski definition) is 5. The van der Waals surface area contributed by atoms with Crippen LogP contribution < -0.4 is 0 Å². The molecule has 0 saturated heterocycles. The van der Waals surface area contributed by atoms with Crippen molar-refractivity contribution in [3.8, 4) is 0 Å². The fraction of sp³-hybridized carbons (Fsp3) is 0.727. The lowest BCUT2D eigenvalue weighted by molar-refractivity contribution is -0.134. The van der Waals surface area contributed by atoms with Gasteiger partial charge in [-0.2, -0.15) is 0 Å². The number of nitrogens with zero attached hydrogens (tertiary/aromatic N) is 2. The van der Waals surface area contributed by atoms with Crippen LogP contribution in [0.1, 0.15) is 83.5 Å². The highest BCUT2D eigenvalue weighted by molar-refractivity contribution is 7.09. The van der Waals surface area contributed by atoms with E-state index in [0.717, 1.165) is 29.8 Å². The first kappa shape index (κ1) is 24.8. The van der Waals surface area contributed by atoms with Gasteiger partial charge in [-0.1, -0.05) is 46.3 Å². The van der Waals surface area contributed by atoms with Crippen molar-refractivity contribution in [1.82, 2.24) is 9.88 Å². The molecule has 0 unspecified atom stereocenters. The zero-order valence-corrected chi connectivity index (χ0v) is 19.1. The predicted octanol–water partition coefficient (Wildman–Crippen LogP) is 5.11. The number of aromatic nitrogens is 1. The number of carbonyl (C=O) groups is 1. The van der Waals surface area contributed by atoms with Crippen LogP contribution in [0.3, 0.4) is 0 Å². The van der Waals surface area contributed by atoms with E-state index < -0.39 is 0 Å². The summed E-state index contributed by atoms with van der Waals surface area (Å²) in [7, 11) is 0. The molecule has 160 valence electrons. The van der Waals surface area contributed by atoms with Crippen LogP contribution in [0, 0.1) is 5.92 Å².